The summed E-state index contributed by atoms with van der Waals surface area (Å²) in [7, 11) is -3.42. The largest absolute Gasteiger partial charge is 0.325 e. The van der Waals surface area contributed by atoms with Gasteiger partial charge in [-0.15, -0.1) is 11.3 Å². The number of hydrogen-bond acceptors (Lipinski definition) is 5. The number of nitrogens with one attached hydrogen (secondary N) is 1. The molecule has 2 aromatic rings. The van der Waals surface area contributed by atoms with Crippen LogP contribution in [-0.2, 0) is 27.7 Å². The Kier molecular flexibility index (Phi) is 5.55. The number of fused-ring (bicyclic) bond motifs is 1. The standard InChI is InChI=1S/C20H25N3O3S2/c1-15(20(24)21-18-8-7-16-4-2-5-17(16)14-18)22-9-11-23(12-10-22)28(25,26)19-6-3-13-27-19/h3,6-8,13-15H,2,4-5,9-12H2,1H3,(H,21,24)/t15-/m1/s1. The number of benzene rings is 1. The van der Waals surface area contributed by atoms with E-state index in [-0.39, 0.29) is 11.9 Å². The van der Waals surface area contributed by atoms with Crippen molar-refractivity contribution < 1.29 is 13.2 Å². The van der Waals surface area contributed by atoms with E-state index in [1.165, 1.54) is 33.2 Å². The van der Waals surface area contributed by atoms with Gasteiger partial charge in [0.1, 0.15) is 4.21 Å². The number of aryl methyl sites for hydroxylation is 2. The molecule has 1 aliphatic carbocycles. The molecule has 6 nitrogen and oxygen atoms in total. The van der Waals surface area contributed by atoms with E-state index < -0.39 is 10.0 Å². The lowest BCUT2D eigenvalue weighted by Gasteiger charge is -2.36. The van der Waals surface area contributed by atoms with Crippen molar-refractivity contribution in [1.82, 2.24) is 9.21 Å². The highest BCUT2D eigenvalue weighted by atomic mass is 32.2. The van der Waals surface area contributed by atoms with Crippen LogP contribution < -0.4 is 5.32 Å². The average molecular weight is 420 g/mol. The molecule has 1 aromatic carbocycles. The molecule has 1 aromatic heterocycles. The Labute approximate surface area is 170 Å². The smallest absolute Gasteiger partial charge is 0.252 e. The molecule has 1 saturated heterocycles. The van der Waals surface area contributed by atoms with Crippen LogP contribution in [0.3, 0.4) is 0 Å². The minimum atomic E-state index is -3.42. The van der Waals surface area contributed by atoms with Crippen LogP contribution in [0.4, 0.5) is 5.69 Å². The maximum absolute atomic E-state index is 12.7. The second-order valence-electron chi connectivity index (χ2n) is 7.37. The van der Waals surface area contributed by atoms with Crippen molar-refractivity contribution in [2.24, 2.45) is 0 Å². The van der Waals surface area contributed by atoms with Gasteiger partial charge in [-0.05, 0) is 60.9 Å². The van der Waals surface area contributed by atoms with Crippen molar-refractivity contribution in [3.05, 3.63) is 46.8 Å². The number of sulfonamides is 1. The molecule has 0 bridgehead atoms. The minimum absolute atomic E-state index is 0.0486. The molecule has 0 spiro atoms. The van der Waals surface area contributed by atoms with Crippen LogP contribution in [0.15, 0.2) is 39.9 Å². The zero-order valence-electron chi connectivity index (χ0n) is 15.9. The van der Waals surface area contributed by atoms with Gasteiger partial charge in [-0.25, -0.2) is 8.42 Å². The number of carbonyl (C=O) groups excluding carboxylic acids is 1. The zero-order valence-corrected chi connectivity index (χ0v) is 17.6. The second kappa shape index (κ2) is 7.94. The third-order valence-corrected chi connectivity index (χ3v) is 8.93. The lowest BCUT2D eigenvalue weighted by atomic mass is 10.1. The number of thiophene rings is 1. The third-order valence-electron chi connectivity index (χ3n) is 5.66. The summed E-state index contributed by atoms with van der Waals surface area (Å²) in [4.78, 5) is 14.7. The molecule has 1 N–H and O–H groups in total. The van der Waals surface area contributed by atoms with E-state index >= 15 is 0 Å². The first-order valence-corrected chi connectivity index (χ1v) is 12.0. The van der Waals surface area contributed by atoms with E-state index in [0.717, 1.165) is 18.5 Å². The second-order valence-corrected chi connectivity index (χ2v) is 10.5. The van der Waals surface area contributed by atoms with Gasteiger partial charge in [-0.2, -0.15) is 4.31 Å². The monoisotopic (exact) mass is 419 g/mol. The van der Waals surface area contributed by atoms with E-state index in [1.807, 2.05) is 17.9 Å². The van der Waals surface area contributed by atoms with Crippen molar-refractivity contribution in [1.29, 1.82) is 0 Å². The Morgan fingerprint density at radius 3 is 2.57 bits per heavy atom. The Morgan fingerprint density at radius 2 is 1.86 bits per heavy atom. The molecule has 4 rings (SSSR count). The van der Waals surface area contributed by atoms with Crippen molar-refractivity contribution >= 4 is 33.0 Å². The molecule has 2 aliphatic rings. The normalized spacial score (nSPS) is 19.3. The number of anilines is 1. The van der Waals surface area contributed by atoms with Crippen molar-refractivity contribution in [2.75, 3.05) is 31.5 Å². The van der Waals surface area contributed by atoms with Gasteiger partial charge >= 0.3 is 0 Å². The number of piperazine rings is 1. The first-order valence-electron chi connectivity index (χ1n) is 9.65. The Balaban J connectivity index is 1.34. The van der Waals surface area contributed by atoms with E-state index in [4.69, 9.17) is 0 Å². The highest BCUT2D eigenvalue weighted by Gasteiger charge is 2.32. The maximum atomic E-state index is 12.7. The molecule has 1 amide bonds. The molecular weight excluding hydrogens is 394 g/mol. The van der Waals surface area contributed by atoms with Crippen molar-refractivity contribution in [3.63, 3.8) is 0 Å². The fourth-order valence-electron chi connectivity index (χ4n) is 3.93. The summed E-state index contributed by atoms with van der Waals surface area (Å²) >= 11 is 1.24. The number of rotatable bonds is 5. The molecule has 0 radical (unpaired) electrons. The third kappa shape index (κ3) is 3.87. The predicted octanol–water partition coefficient (Wildman–Crippen LogP) is 2.57. The fraction of sp³-hybridized carbons (Fsp3) is 0.450. The molecule has 2 heterocycles. The van der Waals surface area contributed by atoms with E-state index in [0.29, 0.717) is 30.4 Å². The van der Waals surface area contributed by atoms with Crippen LogP contribution in [0.5, 0.6) is 0 Å². The topological polar surface area (TPSA) is 69.7 Å². The van der Waals surface area contributed by atoms with E-state index in [2.05, 4.69) is 17.4 Å². The molecule has 28 heavy (non-hydrogen) atoms. The van der Waals surface area contributed by atoms with Gasteiger partial charge in [0.05, 0.1) is 6.04 Å². The molecule has 0 saturated carbocycles. The van der Waals surface area contributed by atoms with Crippen LogP contribution in [-0.4, -0.2) is 55.8 Å². The van der Waals surface area contributed by atoms with E-state index in [1.54, 1.807) is 17.5 Å². The molecule has 8 heteroatoms. The summed E-state index contributed by atoms with van der Waals surface area (Å²) in [5.41, 5.74) is 3.56. The quantitative estimate of drug-likeness (QED) is 0.809. The van der Waals surface area contributed by atoms with Crippen LogP contribution in [0.2, 0.25) is 0 Å². The van der Waals surface area contributed by atoms with Crippen molar-refractivity contribution in [2.45, 2.75) is 36.4 Å². The summed E-state index contributed by atoms with van der Waals surface area (Å²) in [5, 5.41) is 4.79. The van der Waals surface area contributed by atoms with Crippen LogP contribution >= 0.6 is 11.3 Å². The first-order chi connectivity index (χ1) is 13.4. The number of hydrogen-bond donors (Lipinski definition) is 1. The molecule has 150 valence electrons. The molecule has 1 atom stereocenters. The van der Waals surface area contributed by atoms with Gasteiger partial charge in [0.15, 0.2) is 0 Å². The molecule has 1 fully saturated rings. The van der Waals surface area contributed by atoms with Gasteiger partial charge in [0, 0.05) is 31.9 Å². The molecule has 0 unspecified atom stereocenters. The van der Waals surface area contributed by atoms with Gasteiger partial charge in [0.2, 0.25) is 5.91 Å². The van der Waals surface area contributed by atoms with Gasteiger partial charge in [-0.1, -0.05) is 12.1 Å². The lowest BCUT2D eigenvalue weighted by Crippen LogP contribution is -2.53. The predicted molar refractivity (Wildman–Crippen MR) is 111 cm³/mol. The summed E-state index contributed by atoms with van der Waals surface area (Å²) in [6.07, 6.45) is 3.38. The van der Waals surface area contributed by atoms with Gasteiger partial charge in [0.25, 0.3) is 10.0 Å². The number of amides is 1. The average Bonchev–Trinajstić information content (AvgIpc) is 3.39. The maximum Gasteiger partial charge on any atom is 0.252 e. The van der Waals surface area contributed by atoms with E-state index in [9.17, 15) is 13.2 Å². The summed E-state index contributed by atoms with van der Waals surface area (Å²) in [5.74, 6) is -0.0486. The number of nitrogens with zero attached hydrogens (tertiary/aromatic N) is 2. The Morgan fingerprint density at radius 1 is 1.11 bits per heavy atom. The molecular formula is C20H25N3O3S2. The Hall–Kier alpha value is -1.74. The Bertz CT molecular complexity index is 949. The van der Waals surface area contributed by atoms with Gasteiger partial charge < -0.3 is 5.32 Å². The minimum Gasteiger partial charge on any atom is -0.325 e. The summed E-state index contributed by atoms with van der Waals surface area (Å²) in [6.45, 7) is 3.77. The van der Waals surface area contributed by atoms with Crippen LogP contribution in [0.1, 0.15) is 24.5 Å². The highest BCUT2D eigenvalue weighted by Crippen LogP contribution is 2.25. The highest BCUT2D eigenvalue weighted by molar-refractivity contribution is 7.91. The summed E-state index contributed by atoms with van der Waals surface area (Å²) in [6, 6.07) is 9.24. The van der Waals surface area contributed by atoms with Crippen LogP contribution in [0.25, 0.3) is 0 Å². The van der Waals surface area contributed by atoms with Gasteiger partial charge in [-0.3, -0.25) is 9.69 Å². The molecule has 1 aliphatic heterocycles. The zero-order chi connectivity index (χ0) is 19.7. The summed E-state index contributed by atoms with van der Waals surface area (Å²) < 4.78 is 27.2. The SMILES string of the molecule is C[C@H](C(=O)Nc1ccc2c(c1)CCC2)N1CCN(S(=O)(=O)c2cccs2)CC1. The van der Waals surface area contributed by atoms with Crippen LogP contribution in [0, 0.1) is 0 Å². The number of carbonyl (C=O) groups is 1. The first kappa shape index (κ1) is 19.6. The van der Waals surface area contributed by atoms with Crippen molar-refractivity contribution in [3.8, 4) is 0 Å². The lowest BCUT2D eigenvalue weighted by molar-refractivity contribution is -0.121. The fourth-order valence-corrected chi connectivity index (χ4v) is 6.50.